The molecule has 1 aromatic heterocycles. The Balaban J connectivity index is 2.85. The highest BCUT2D eigenvalue weighted by atomic mass is 32.1. The highest BCUT2D eigenvalue weighted by Gasteiger charge is 2.07. The lowest BCUT2D eigenvalue weighted by Gasteiger charge is -2.06. The third-order valence-corrected chi connectivity index (χ3v) is 2.24. The molecule has 1 aromatic rings. The van der Waals surface area contributed by atoms with Crippen molar-refractivity contribution in [1.82, 2.24) is 4.98 Å². The summed E-state index contributed by atoms with van der Waals surface area (Å²) in [6.07, 6.45) is 1.76. The van der Waals surface area contributed by atoms with E-state index in [1.807, 2.05) is 25.1 Å². The van der Waals surface area contributed by atoms with Gasteiger partial charge in [0.05, 0.1) is 4.20 Å². The number of nitrogens with zero attached hydrogens (tertiary/aromatic N) is 1. The van der Waals surface area contributed by atoms with E-state index in [4.69, 9.17) is 12.2 Å². The zero-order chi connectivity index (χ0) is 8.27. The highest BCUT2D eigenvalue weighted by Crippen LogP contribution is 2.15. The largest absolute Gasteiger partial charge is 0.261 e. The van der Waals surface area contributed by atoms with Gasteiger partial charge in [0.25, 0.3) is 0 Å². The molecule has 0 N–H and O–H groups in total. The lowest BCUT2D eigenvalue weighted by molar-refractivity contribution is 0.974. The van der Waals surface area contributed by atoms with Gasteiger partial charge in [-0.1, -0.05) is 25.2 Å². The number of hydrogen-bond acceptors (Lipinski definition) is 2. The highest BCUT2D eigenvalue weighted by molar-refractivity contribution is 8.11. The Morgan fingerprint density at radius 1 is 1.64 bits per heavy atom. The fourth-order valence-corrected chi connectivity index (χ4v) is 1.01. The van der Waals surface area contributed by atoms with Crippen LogP contribution in [-0.4, -0.2) is 9.18 Å². The Hall–Kier alpha value is -0.410. The third kappa shape index (κ3) is 2.27. The molecule has 0 bridgehead atoms. The van der Waals surface area contributed by atoms with Crippen LogP contribution in [0.1, 0.15) is 18.5 Å². The number of pyridine rings is 1. The van der Waals surface area contributed by atoms with Crippen molar-refractivity contribution in [2.45, 2.75) is 12.8 Å². The Morgan fingerprint density at radius 2 is 2.36 bits per heavy atom. The lowest BCUT2D eigenvalue weighted by Crippen LogP contribution is -2.01. The van der Waals surface area contributed by atoms with E-state index < -0.39 is 0 Å². The average Bonchev–Trinajstić information content (AvgIpc) is 2.05. The molecule has 0 radical (unpaired) electrons. The van der Waals surface area contributed by atoms with Crippen LogP contribution in [0.15, 0.2) is 24.4 Å². The van der Waals surface area contributed by atoms with Crippen LogP contribution in [0.3, 0.4) is 0 Å². The van der Waals surface area contributed by atoms with Gasteiger partial charge >= 0.3 is 0 Å². The molecule has 0 aromatic carbocycles. The van der Waals surface area contributed by atoms with Crippen LogP contribution in [0.4, 0.5) is 0 Å². The van der Waals surface area contributed by atoms with Gasteiger partial charge in [0.15, 0.2) is 0 Å². The van der Waals surface area contributed by atoms with Gasteiger partial charge in [0, 0.05) is 17.8 Å². The van der Waals surface area contributed by atoms with Crippen LogP contribution in [-0.2, 0) is 0 Å². The molecule has 1 rings (SSSR count). The Labute approximate surface area is 77.3 Å². The van der Waals surface area contributed by atoms with Crippen LogP contribution in [0.5, 0.6) is 0 Å². The molecule has 3 heteroatoms. The number of aromatic nitrogens is 1. The van der Waals surface area contributed by atoms with Crippen molar-refractivity contribution in [3.05, 3.63) is 30.1 Å². The number of hydrogen-bond donors (Lipinski definition) is 1. The standard InChI is InChI=1S/C8H9NS2/c1-6(8(10)11)7-4-2-3-5-9-7/h2-6H,1H3,(H,10,11). The minimum absolute atomic E-state index is 0.162. The summed E-state index contributed by atoms with van der Waals surface area (Å²) < 4.78 is 0.684. The first-order valence-electron chi connectivity index (χ1n) is 3.35. The Morgan fingerprint density at radius 3 is 2.82 bits per heavy atom. The number of rotatable bonds is 2. The van der Waals surface area contributed by atoms with Crippen molar-refractivity contribution < 1.29 is 0 Å². The zero-order valence-corrected chi connectivity index (χ0v) is 7.90. The predicted molar refractivity (Wildman–Crippen MR) is 54.2 cm³/mol. The van der Waals surface area contributed by atoms with E-state index in [1.165, 1.54) is 0 Å². The van der Waals surface area contributed by atoms with Gasteiger partial charge in [-0.2, -0.15) is 0 Å². The summed E-state index contributed by atoms with van der Waals surface area (Å²) in [5, 5.41) is 0. The lowest BCUT2D eigenvalue weighted by atomic mass is 10.1. The summed E-state index contributed by atoms with van der Waals surface area (Å²) >= 11 is 9.02. The summed E-state index contributed by atoms with van der Waals surface area (Å²) in [6.45, 7) is 2.00. The van der Waals surface area contributed by atoms with E-state index >= 15 is 0 Å². The second-order valence-corrected chi connectivity index (χ2v) is 3.54. The molecule has 0 fully saturated rings. The van der Waals surface area contributed by atoms with Gasteiger partial charge in [0.1, 0.15) is 0 Å². The van der Waals surface area contributed by atoms with E-state index in [1.54, 1.807) is 6.20 Å². The molecule has 1 heterocycles. The second kappa shape index (κ2) is 3.83. The van der Waals surface area contributed by atoms with E-state index in [0.29, 0.717) is 4.20 Å². The molecule has 0 amide bonds. The fourth-order valence-electron chi connectivity index (χ4n) is 0.759. The van der Waals surface area contributed by atoms with E-state index in [0.717, 1.165) is 5.69 Å². The summed E-state index contributed by atoms with van der Waals surface area (Å²) in [4.78, 5) is 4.16. The fraction of sp³-hybridized carbons (Fsp3) is 0.250. The molecular weight excluding hydrogens is 174 g/mol. The van der Waals surface area contributed by atoms with Crippen molar-refractivity contribution in [2.24, 2.45) is 0 Å². The van der Waals surface area contributed by atoms with Crippen LogP contribution < -0.4 is 0 Å². The van der Waals surface area contributed by atoms with E-state index in [-0.39, 0.29) is 5.92 Å². The van der Waals surface area contributed by atoms with Gasteiger partial charge in [-0.25, -0.2) is 0 Å². The van der Waals surface area contributed by atoms with Gasteiger partial charge in [-0.15, -0.1) is 12.6 Å². The Kier molecular flexibility index (Phi) is 3.02. The smallest absolute Gasteiger partial charge is 0.0536 e. The molecule has 0 spiro atoms. The van der Waals surface area contributed by atoms with Crippen molar-refractivity contribution in [2.75, 3.05) is 0 Å². The molecule has 0 saturated heterocycles. The molecule has 11 heavy (non-hydrogen) atoms. The van der Waals surface area contributed by atoms with E-state index in [2.05, 4.69) is 17.6 Å². The van der Waals surface area contributed by atoms with Crippen LogP contribution in [0, 0.1) is 0 Å². The van der Waals surface area contributed by atoms with Crippen molar-refractivity contribution in [3.8, 4) is 0 Å². The first-order chi connectivity index (χ1) is 5.22. The molecule has 0 aliphatic carbocycles. The number of thiocarbonyl (C=S) groups is 1. The third-order valence-electron chi connectivity index (χ3n) is 1.50. The summed E-state index contributed by atoms with van der Waals surface area (Å²) in [5.74, 6) is 0.162. The average molecular weight is 183 g/mol. The molecule has 1 nitrogen and oxygen atoms in total. The number of thiol groups is 1. The predicted octanol–water partition coefficient (Wildman–Crippen LogP) is 2.44. The van der Waals surface area contributed by atoms with Crippen molar-refractivity contribution in [1.29, 1.82) is 0 Å². The molecule has 1 atom stereocenters. The van der Waals surface area contributed by atoms with Crippen molar-refractivity contribution in [3.63, 3.8) is 0 Å². The second-order valence-electron chi connectivity index (χ2n) is 2.31. The molecule has 1 unspecified atom stereocenters. The van der Waals surface area contributed by atoms with Crippen LogP contribution in [0.2, 0.25) is 0 Å². The van der Waals surface area contributed by atoms with Gasteiger partial charge in [-0.05, 0) is 12.1 Å². The quantitative estimate of drug-likeness (QED) is 0.558. The normalized spacial score (nSPS) is 12.5. The first kappa shape index (κ1) is 8.68. The first-order valence-corrected chi connectivity index (χ1v) is 4.21. The summed E-state index contributed by atoms with van der Waals surface area (Å²) in [5.41, 5.74) is 0.979. The van der Waals surface area contributed by atoms with Gasteiger partial charge < -0.3 is 0 Å². The van der Waals surface area contributed by atoms with E-state index in [9.17, 15) is 0 Å². The molecule has 0 saturated carbocycles. The maximum Gasteiger partial charge on any atom is 0.0536 e. The Bertz CT molecular complexity index is 246. The van der Waals surface area contributed by atoms with Crippen LogP contribution in [0.25, 0.3) is 0 Å². The molecule has 0 aliphatic heterocycles. The maximum absolute atomic E-state index is 4.92. The SMILES string of the molecule is CC(C(=S)S)c1ccccn1. The van der Waals surface area contributed by atoms with Gasteiger partial charge in [0.2, 0.25) is 0 Å². The maximum atomic E-state index is 4.92. The summed E-state index contributed by atoms with van der Waals surface area (Å²) in [7, 11) is 0. The topological polar surface area (TPSA) is 12.9 Å². The monoisotopic (exact) mass is 183 g/mol. The molecule has 58 valence electrons. The molecular formula is C8H9NS2. The van der Waals surface area contributed by atoms with Crippen LogP contribution >= 0.6 is 24.8 Å². The van der Waals surface area contributed by atoms with Gasteiger partial charge in [-0.3, -0.25) is 4.98 Å². The zero-order valence-electron chi connectivity index (χ0n) is 6.19. The van der Waals surface area contributed by atoms with Crippen molar-refractivity contribution >= 4 is 29.0 Å². The minimum Gasteiger partial charge on any atom is -0.261 e. The molecule has 0 aliphatic rings. The summed E-state index contributed by atoms with van der Waals surface area (Å²) in [6, 6.07) is 5.79. The minimum atomic E-state index is 0.162.